The van der Waals surface area contributed by atoms with E-state index >= 15 is 0 Å². The zero-order valence-electron chi connectivity index (χ0n) is 11.0. The molecule has 19 heavy (non-hydrogen) atoms. The fourth-order valence-corrected chi connectivity index (χ4v) is 2.87. The maximum Gasteiger partial charge on any atom is 0.116 e. The Morgan fingerprint density at radius 3 is 2.68 bits per heavy atom. The quantitative estimate of drug-likeness (QED) is 0.896. The Bertz CT molecular complexity index is 574. The number of pyridine rings is 1. The minimum Gasteiger partial charge on any atom is -0.328 e. The van der Waals surface area contributed by atoms with E-state index in [1.165, 1.54) is 0 Å². The van der Waals surface area contributed by atoms with Gasteiger partial charge in [0.1, 0.15) is 5.67 Å². The molecule has 100 valence electrons. The summed E-state index contributed by atoms with van der Waals surface area (Å²) in [5.41, 5.74) is 6.51. The van der Waals surface area contributed by atoms with E-state index in [4.69, 9.17) is 5.73 Å². The van der Waals surface area contributed by atoms with Crippen LogP contribution in [0.1, 0.15) is 31.4 Å². The molecule has 0 amide bonds. The van der Waals surface area contributed by atoms with E-state index < -0.39 is 5.67 Å². The molecule has 0 unspecified atom stereocenters. The van der Waals surface area contributed by atoms with E-state index in [2.05, 4.69) is 4.98 Å². The van der Waals surface area contributed by atoms with Gasteiger partial charge in [0.05, 0.1) is 5.52 Å². The number of hydrogen-bond acceptors (Lipinski definition) is 2. The van der Waals surface area contributed by atoms with Crippen molar-refractivity contribution >= 4 is 10.9 Å². The minimum absolute atomic E-state index is 0.174. The highest BCUT2D eigenvalue weighted by Gasteiger charge is 2.34. The molecule has 1 aliphatic carbocycles. The van der Waals surface area contributed by atoms with Crippen LogP contribution in [-0.2, 0) is 6.42 Å². The largest absolute Gasteiger partial charge is 0.328 e. The van der Waals surface area contributed by atoms with Crippen molar-refractivity contribution in [3.8, 4) is 0 Å². The average Bonchev–Trinajstić information content (AvgIpc) is 2.42. The summed E-state index contributed by atoms with van der Waals surface area (Å²) in [6.07, 6.45) is 3.09. The van der Waals surface area contributed by atoms with E-state index in [-0.39, 0.29) is 6.04 Å². The maximum atomic E-state index is 14.7. The second-order valence-electron chi connectivity index (χ2n) is 5.66. The lowest BCUT2D eigenvalue weighted by atomic mass is 9.81. The minimum atomic E-state index is -1.12. The first-order valence-corrected chi connectivity index (χ1v) is 6.94. The van der Waals surface area contributed by atoms with Gasteiger partial charge in [-0.1, -0.05) is 24.3 Å². The van der Waals surface area contributed by atoms with E-state index in [9.17, 15) is 4.39 Å². The molecule has 1 aliphatic rings. The highest BCUT2D eigenvalue weighted by Crippen LogP contribution is 2.34. The number of rotatable bonds is 2. The van der Waals surface area contributed by atoms with Gasteiger partial charge in [-0.2, -0.15) is 0 Å². The van der Waals surface area contributed by atoms with Gasteiger partial charge in [-0.25, -0.2) is 4.39 Å². The van der Waals surface area contributed by atoms with E-state index in [1.807, 2.05) is 36.4 Å². The lowest BCUT2D eigenvalue weighted by Crippen LogP contribution is -2.37. The van der Waals surface area contributed by atoms with Gasteiger partial charge in [0.2, 0.25) is 0 Å². The Balaban J connectivity index is 1.81. The third-order valence-electron chi connectivity index (χ3n) is 4.08. The molecule has 3 heteroatoms. The first kappa shape index (κ1) is 12.5. The van der Waals surface area contributed by atoms with Crippen LogP contribution in [-0.4, -0.2) is 16.7 Å². The molecule has 0 bridgehead atoms. The SMILES string of the molecule is NC1CCC(F)(Cc2ccc3ccccc3n2)CC1. The second kappa shape index (κ2) is 4.89. The Morgan fingerprint density at radius 1 is 1.16 bits per heavy atom. The van der Waals surface area contributed by atoms with Gasteiger partial charge in [-0.15, -0.1) is 0 Å². The van der Waals surface area contributed by atoms with Crippen molar-refractivity contribution in [1.29, 1.82) is 0 Å². The summed E-state index contributed by atoms with van der Waals surface area (Å²) in [4.78, 5) is 4.56. The van der Waals surface area contributed by atoms with Crippen molar-refractivity contribution < 1.29 is 4.39 Å². The number of alkyl halides is 1. The normalized spacial score (nSPS) is 27.6. The summed E-state index contributed by atoms with van der Waals surface area (Å²) < 4.78 is 14.7. The molecule has 1 fully saturated rings. The lowest BCUT2D eigenvalue weighted by Gasteiger charge is -2.32. The molecule has 0 aliphatic heterocycles. The van der Waals surface area contributed by atoms with E-state index in [1.54, 1.807) is 0 Å². The number of benzene rings is 1. The first-order valence-electron chi connectivity index (χ1n) is 6.94. The van der Waals surface area contributed by atoms with Gasteiger partial charge in [-0.05, 0) is 37.8 Å². The summed E-state index contributed by atoms with van der Waals surface area (Å²) in [5.74, 6) is 0. The topological polar surface area (TPSA) is 38.9 Å². The zero-order valence-corrected chi connectivity index (χ0v) is 11.0. The Hall–Kier alpha value is -1.48. The van der Waals surface area contributed by atoms with Crippen LogP contribution in [0.25, 0.3) is 10.9 Å². The molecule has 2 nitrogen and oxygen atoms in total. The Kier molecular flexibility index (Phi) is 3.23. The highest BCUT2D eigenvalue weighted by molar-refractivity contribution is 5.78. The second-order valence-corrected chi connectivity index (χ2v) is 5.66. The zero-order chi connectivity index (χ0) is 13.3. The third-order valence-corrected chi connectivity index (χ3v) is 4.08. The predicted octanol–water partition coefficient (Wildman–Crippen LogP) is 3.39. The third kappa shape index (κ3) is 2.76. The van der Waals surface area contributed by atoms with Crippen LogP contribution in [0.4, 0.5) is 4.39 Å². The number of fused-ring (bicyclic) bond motifs is 1. The molecule has 3 rings (SSSR count). The van der Waals surface area contributed by atoms with Crippen LogP contribution in [0.15, 0.2) is 36.4 Å². The van der Waals surface area contributed by atoms with Crippen molar-refractivity contribution in [2.24, 2.45) is 5.73 Å². The van der Waals surface area contributed by atoms with Gasteiger partial charge in [0.25, 0.3) is 0 Å². The fourth-order valence-electron chi connectivity index (χ4n) is 2.87. The number of halogens is 1. The molecular weight excluding hydrogens is 239 g/mol. The van der Waals surface area contributed by atoms with E-state index in [0.29, 0.717) is 19.3 Å². The number of nitrogens with zero attached hydrogens (tertiary/aromatic N) is 1. The van der Waals surface area contributed by atoms with Crippen LogP contribution in [0.2, 0.25) is 0 Å². The molecule has 0 radical (unpaired) electrons. The number of aromatic nitrogens is 1. The summed E-state index contributed by atoms with van der Waals surface area (Å²) in [6.45, 7) is 0. The van der Waals surface area contributed by atoms with Crippen molar-refractivity contribution in [2.75, 3.05) is 0 Å². The van der Waals surface area contributed by atoms with Gasteiger partial charge < -0.3 is 5.73 Å². The molecular formula is C16H19FN2. The molecule has 2 aromatic rings. The molecule has 1 saturated carbocycles. The molecule has 0 atom stereocenters. The maximum absolute atomic E-state index is 14.7. The van der Waals surface area contributed by atoms with Gasteiger partial charge in [0, 0.05) is 23.5 Å². The van der Waals surface area contributed by atoms with Gasteiger partial charge in [0.15, 0.2) is 0 Å². The van der Waals surface area contributed by atoms with Crippen molar-refractivity contribution in [3.05, 3.63) is 42.1 Å². The van der Waals surface area contributed by atoms with Gasteiger partial charge in [-0.3, -0.25) is 4.98 Å². The summed E-state index contributed by atoms with van der Waals surface area (Å²) >= 11 is 0. The summed E-state index contributed by atoms with van der Waals surface area (Å²) in [7, 11) is 0. The monoisotopic (exact) mass is 258 g/mol. The lowest BCUT2D eigenvalue weighted by molar-refractivity contribution is 0.0985. The van der Waals surface area contributed by atoms with Crippen LogP contribution < -0.4 is 5.73 Å². The smallest absolute Gasteiger partial charge is 0.116 e. The Labute approximate surface area is 112 Å². The fraction of sp³-hybridized carbons (Fsp3) is 0.438. The van der Waals surface area contributed by atoms with Crippen molar-refractivity contribution in [2.45, 2.75) is 43.8 Å². The first-order chi connectivity index (χ1) is 9.15. The number of para-hydroxylation sites is 1. The summed E-state index contributed by atoms with van der Waals surface area (Å²) in [6, 6.07) is 12.1. The van der Waals surface area contributed by atoms with E-state index in [0.717, 1.165) is 29.4 Å². The standard InChI is InChI=1S/C16H19FN2/c17-16(9-7-13(18)8-10-16)11-14-6-5-12-3-1-2-4-15(12)19-14/h1-6,13H,7-11,18H2. The van der Waals surface area contributed by atoms with Crippen LogP contribution >= 0.6 is 0 Å². The molecule has 0 spiro atoms. The van der Waals surface area contributed by atoms with Crippen LogP contribution in [0.5, 0.6) is 0 Å². The Morgan fingerprint density at radius 2 is 1.89 bits per heavy atom. The van der Waals surface area contributed by atoms with Gasteiger partial charge >= 0.3 is 0 Å². The molecule has 1 aromatic carbocycles. The highest BCUT2D eigenvalue weighted by atomic mass is 19.1. The number of hydrogen-bond donors (Lipinski definition) is 1. The molecule has 1 heterocycles. The van der Waals surface area contributed by atoms with Crippen LogP contribution in [0.3, 0.4) is 0 Å². The van der Waals surface area contributed by atoms with Crippen LogP contribution in [0, 0.1) is 0 Å². The molecule has 2 N–H and O–H groups in total. The predicted molar refractivity (Wildman–Crippen MR) is 75.7 cm³/mol. The summed E-state index contributed by atoms with van der Waals surface area (Å²) in [5, 5.41) is 1.10. The van der Waals surface area contributed by atoms with Crippen molar-refractivity contribution in [1.82, 2.24) is 4.98 Å². The molecule has 0 saturated heterocycles. The number of nitrogens with two attached hydrogens (primary N) is 1. The van der Waals surface area contributed by atoms with Crippen molar-refractivity contribution in [3.63, 3.8) is 0 Å². The average molecular weight is 258 g/mol. The molecule has 1 aromatic heterocycles.